The fourth-order valence-electron chi connectivity index (χ4n) is 2.26. The van der Waals surface area contributed by atoms with Crippen LogP contribution in [0.3, 0.4) is 0 Å². The summed E-state index contributed by atoms with van der Waals surface area (Å²) in [6.45, 7) is 0. The number of rotatable bonds is 1. The molecule has 1 aromatic heterocycles. The van der Waals surface area contributed by atoms with Crippen LogP contribution in [0.25, 0.3) is 22.1 Å². The van der Waals surface area contributed by atoms with Crippen molar-refractivity contribution in [3.05, 3.63) is 42.5 Å². The van der Waals surface area contributed by atoms with E-state index in [9.17, 15) is 0 Å². The minimum absolute atomic E-state index is 1.03. The van der Waals surface area contributed by atoms with E-state index in [4.69, 9.17) is 4.98 Å². The van der Waals surface area contributed by atoms with E-state index < -0.39 is 0 Å². The first-order valence-electron chi connectivity index (χ1n) is 6.03. The first-order valence-corrected chi connectivity index (χ1v) is 6.03. The highest BCUT2D eigenvalue weighted by Gasteiger charge is 2.13. The van der Waals surface area contributed by atoms with Crippen LogP contribution >= 0.6 is 0 Å². The minimum Gasteiger partial charge on any atom is -0.377 e. The molecule has 3 rings (SSSR count). The lowest BCUT2D eigenvalue weighted by Crippen LogP contribution is -2.30. The van der Waals surface area contributed by atoms with Crippen molar-refractivity contribution in [3.8, 4) is 0 Å². The molecule has 0 amide bonds. The summed E-state index contributed by atoms with van der Waals surface area (Å²) < 4.78 is 2.20. The molecule has 90 valence electrons. The van der Waals surface area contributed by atoms with E-state index >= 15 is 0 Å². The van der Waals surface area contributed by atoms with Gasteiger partial charge in [-0.2, -0.15) is 4.57 Å². The molecule has 3 aromatic rings. The Morgan fingerprint density at radius 3 is 2.44 bits per heavy atom. The van der Waals surface area contributed by atoms with Gasteiger partial charge in [0.2, 0.25) is 11.0 Å². The Balaban J connectivity index is 2.41. The first-order chi connectivity index (χ1) is 8.66. The normalized spacial score (nSPS) is 11.1. The highest BCUT2D eigenvalue weighted by Crippen LogP contribution is 2.19. The quantitative estimate of drug-likeness (QED) is 0.479. The fraction of sp³-hybridized carbons (Fsp3) is 0.200. The second-order valence-corrected chi connectivity index (χ2v) is 4.73. The second-order valence-electron chi connectivity index (χ2n) is 4.73. The van der Waals surface area contributed by atoms with E-state index in [1.165, 1.54) is 5.69 Å². The minimum atomic E-state index is 1.03. The molecule has 3 heteroatoms. The summed E-state index contributed by atoms with van der Waals surface area (Å²) in [5.74, 6) is 0. The molecule has 0 aliphatic carbocycles. The number of aromatic nitrogens is 2. The van der Waals surface area contributed by atoms with Crippen LogP contribution in [-0.2, 0) is 7.05 Å². The van der Waals surface area contributed by atoms with Crippen molar-refractivity contribution >= 4 is 27.8 Å². The zero-order chi connectivity index (χ0) is 12.7. The van der Waals surface area contributed by atoms with Gasteiger partial charge in [0.15, 0.2) is 0 Å². The van der Waals surface area contributed by atoms with Crippen molar-refractivity contribution in [2.75, 3.05) is 19.0 Å². The van der Waals surface area contributed by atoms with E-state index in [0.29, 0.717) is 0 Å². The van der Waals surface area contributed by atoms with Gasteiger partial charge in [-0.1, -0.05) is 12.1 Å². The standard InChI is InChI=1S/C15H16N3/c1-17(2)11-8-9-13-15(10-11)18(3)14-7-5-4-6-12(14)16-13/h4-10H,1-3H3/q+1. The van der Waals surface area contributed by atoms with Gasteiger partial charge in [-0.15, -0.1) is 0 Å². The van der Waals surface area contributed by atoms with Gasteiger partial charge in [-0.25, -0.2) is 4.98 Å². The average Bonchev–Trinajstić information content (AvgIpc) is 2.38. The molecule has 1 heterocycles. The predicted octanol–water partition coefficient (Wildman–Crippen LogP) is 2.28. The zero-order valence-electron chi connectivity index (χ0n) is 10.9. The monoisotopic (exact) mass is 238 g/mol. The SMILES string of the molecule is CN(C)c1ccc2nc3ccccc3[n+](C)c2c1. The van der Waals surface area contributed by atoms with Gasteiger partial charge in [0, 0.05) is 31.9 Å². The number of hydrogen-bond donors (Lipinski definition) is 0. The van der Waals surface area contributed by atoms with Crippen LogP contribution in [0.4, 0.5) is 5.69 Å². The predicted molar refractivity (Wildman–Crippen MR) is 74.8 cm³/mol. The summed E-state index contributed by atoms with van der Waals surface area (Å²) in [6, 6.07) is 14.6. The lowest BCUT2D eigenvalue weighted by molar-refractivity contribution is -0.617. The maximum Gasteiger partial charge on any atom is 0.233 e. The third kappa shape index (κ3) is 1.59. The Bertz CT molecular complexity index is 732. The van der Waals surface area contributed by atoms with E-state index in [1.807, 2.05) is 12.1 Å². The molecule has 0 saturated carbocycles. The number of nitrogens with zero attached hydrogens (tertiary/aromatic N) is 3. The topological polar surface area (TPSA) is 20.0 Å². The zero-order valence-corrected chi connectivity index (χ0v) is 10.9. The summed E-state index contributed by atoms with van der Waals surface area (Å²) in [5.41, 5.74) is 5.56. The summed E-state index contributed by atoms with van der Waals surface area (Å²) in [6.07, 6.45) is 0. The van der Waals surface area contributed by atoms with Gasteiger partial charge in [0.25, 0.3) is 0 Å². The molecule has 18 heavy (non-hydrogen) atoms. The highest BCUT2D eigenvalue weighted by molar-refractivity contribution is 5.83. The van der Waals surface area contributed by atoms with Crippen molar-refractivity contribution in [1.82, 2.24) is 4.98 Å². The molecule has 0 spiro atoms. The van der Waals surface area contributed by atoms with E-state index in [0.717, 1.165) is 22.1 Å². The Morgan fingerprint density at radius 2 is 1.67 bits per heavy atom. The van der Waals surface area contributed by atoms with E-state index in [-0.39, 0.29) is 0 Å². The van der Waals surface area contributed by atoms with Gasteiger partial charge in [-0.3, -0.25) is 0 Å². The Labute approximate surface area is 106 Å². The molecular weight excluding hydrogens is 222 g/mol. The van der Waals surface area contributed by atoms with Crippen LogP contribution < -0.4 is 9.47 Å². The molecule has 0 unspecified atom stereocenters. The maximum absolute atomic E-state index is 4.70. The first kappa shape index (κ1) is 11.0. The van der Waals surface area contributed by atoms with Crippen molar-refractivity contribution in [2.24, 2.45) is 7.05 Å². The maximum atomic E-state index is 4.70. The van der Waals surface area contributed by atoms with Crippen LogP contribution in [0.1, 0.15) is 0 Å². The van der Waals surface area contributed by atoms with Crippen molar-refractivity contribution in [1.29, 1.82) is 0 Å². The summed E-state index contributed by atoms with van der Waals surface area (Å²) in [5, 5.41) is 0. The molecule has 0 saturated heterocycles. The van der Waals surface area contributed by atoms with E-state index in [2.05, 4.69) is 60.9 Å². The third-order valence-electron chi connectivity index (χ3n) is 3.32. The highest BCUT2D eigenvalue weighted by atomic mass is 15.1. The van der Waals surface area contributed by atoms with Crippen LogP contribution in [0.15, 0.2) is 42.5 Å². The molecule has 3 nitrogen and oxygen atoms in total. The molecule has 2 aromatic carbocycles. The number of hydrogen-bond acceptors (Lipinski definition) is 2. The molecule has 0 aliphatic heterocycles. The molecule has 0 bridgehead atoms. The summed E-state index contributed by atoms with van der Waals surface area (Å²) in [7, 11) is 6.19. The second kappa shape index (κ2) is 3.95. The number of para-hydroxylation sites is 2. The Morgan fingerprint density at radius 1 is 0.944 bits per heavy atom. The number of fused-ring (bicyclic) bond motifs is 2. The van der Waals surface area contributed by atoms with Gasteiger partial charge < -0.3 is 4.90 Å². The number of anilines is 1. The van der Waals surface area contributed by atoms with Crippen molar-refractivity contribution < 1.29 is 4.57 Å². The molecule has 0 N–H and O–H groups in total. The molecule has 0 atom stereocenters. The van der Waals surface area contributed by atoms with Gasteiger partial charge in [-0.05, 0) is 18.2 Å². The third-order valence-corrected chi connectivity index (χ3v) is 3.32. The number of benzene rings is 2. The lowest BCUT2D eigenvalue weighted by Gasteiger charge is -2.12. The van der Waals surface area contributed by atoms with Crippen LogP contribution in [-0.4, -0.2) is 19.1 Å². The average molecular weight is 238 g/mol. The molecule has 0 aliphatic rings. The van der Waals surface area contributed by atoms with Crippen LogP contribution in [0.5, 0.6) is 0 Å². The Hall–Kier alpha value is -2.16. The smallest absolute Gasteiger partial charge is 0.233 e. The van der Waals surface area contributed by atoms with Crippen molar-refractivity contribution in [2.45, 2.75) is 0 Å². The largest absolute Gasteiger partial charge is 0.377 e. The van der Waals surface area contributed by atoms with Crippen LogP contribution in [0.2, 0.25) is 0 Å². The van der Waals surface area contributed by atoms with Gasteiger partial charge in [0.05, 0.1) is 0 Å². The Kier molecular flexibility index (Phi) is 2.40. The summed E-state index contributed by atoms with van der Waals surface area (Å²) in [4.78, 5) is 6.81. The molecule has 0 radical (unpaired) electrons. The molecule has 0 fully saturated rings. The lowest BCUT2D eigenvalue weighted by atomic mass is 10.2. The van der Waals surface area contributed by atoms with Gasteiger partial charge in [0.1, 0.15) is 18.1 Å². The van der Waals surface area contributed by atoms with E-state index in [1.54, 1.807) is 0 Å². The van der Waals surface area contributed by atoms with Crippen molar-refractivity contribution in [3.63, 3.8) is 0 Å². The molecular formula is C15H16N3+. The number of aryl methyl sites for hydroxylation is 1. The fourth-order valence-corrected chi connectivity index (χ4v) is 2.26. The van der Waals surface area contributed by atoms with Crippen LogP contribution in [0, 0.1) is 0 Å². The summed E-state index contributed by atoms with van der Waals surface area (Å²) >= 11 is 0. The van der Waals surface area contributed by atoms with Gasteiger partial charge >= 0.3 is 0 Å².